The van der Waals surface area contributed by atoms with E-state index in [4.69, 9.17) is 9.47 Å². The van der Waals surface area contributed by atoms with Crippen molar-refractivity contribution in [3.05, 3.63) is 52.2 Å². The third-order valence-corrected chi connectivity index (χ3v) is 5.16. The molecular formula is C19H21NO4S. The molecule has 2 aromatic rings. The van der Waals surface area contributed by atoms with E-state index in [1.165, 1.54) is 11.3 Å². The molecule has 0 unspecified atom stereocenters. The number of carbonyl (C=O) groups is 2. The van der Waals surface area contributed by atoms with Gasteiger partial charge in [-0.3, -0.25) is 4.79 Å². The Balaban J connectivity index is 1.78. The molecule has 5 nitrogen and oxygen atoms in total. The van der Waals surface area contributed by atoms with Crippen LogP contribution < -0.4 is 10.1 Å². The summed E-state index contributed by atoms with van der Waals surface area (Å²) in [7, 11) is 1.58. The summed E-state index contributed by atoms with van der Waals surface area (Å²) < 4.78 is 10.7. The molecular weight excluding hydrogens is 338 g/mol. The van der Waals surface area contributed by atoms with Crippen LogP contribution in [-0.4, -0.2) is 25.0 Å². The molecule has 25 heavy (non-hydrogen) atoms. The molecule has 0 saturated heterocycles. The minimum absolute atomic E-state index is 0.161. The van der Waals surface area contributed by atoms with Gasteiger partial charge in [0.05, 0.1) is 7.11 Å². The highest BCUT2D eigenvalue weighted by Crippen LogP contribution is 2.25. The molecule has 0 bridgehead atoms. The fourth-order valence-electron chi connectivity index (χ4n) is 2.96. The van der Waals surface area contributed by atoms with E-state index in [9.17, 15) is 9.59 Å². The van der Waals surface area contributed by atoms with Gasteiger partial charge in [-0.1, -0.05) is 31.0 Å². The van der Waals surface area contributed by atoms with Gasteiger partial charge in [-0.15, -0.1) is 11.3 Å². The first-order chi connectivity index (χ1) is 12.2. The van der Waals surface area contributed by atoms with Gasteiger partial charge in [0.2, 0.25) is 6.10 Å². The second-order valence-corrected chi connectivity index (χ2v) is 6.97. The van der Waals surface area contributed by atoms with E-state index >= 15 is 0 Å². The summed E-state index contributed by atoms with van der Waals surface area (Å²) in [6.45, 7) is 0. The van der Waals surface area contributed by atoms with E-state index in [0.717, 1.165) is 25.7 Å². The molecule has 0 spiro atoms. The van der Waals surface area contributed by atoms with Crippen LogP contribution in [-0.2, 0) is 9.53 Å². The van der Waals surface area contributed by atoms with Gasteiger partial charge in [-0.25, -0.2) is 4.79 Å². The van der Waals surface area contributed by atoms with Gasteiger partial charge in [-0.05, 0) is 36.4 Å². The summed E-state index contributed by atoms with van der Waals surface area (Å²) in [5, 5.41) is 4.82. The molecule has 1 N–H and O–H groups in total. The number of ether oxygens (including phenoxy) is 2. The van der Waals surface area contributed by atoms with Crippen molar-refractivity contribution in [3.8, 4) is 5.75 Å². The van der Waals surface area contributed by atoms with Crippen LogP contribution in [0.4, 0.5) is 0 Å². The van der Waals surface area contributed by atoms with Crippen molar-refractivity contribution in [2.45, 2.75) is 37.8 Å². The number of nitrogens with one attached hydrogen (secondary N) is 1. The number of benzene rings is 1. The van der Waals surface area contributed by atoms with E-state index in [2.05, 4.69) is 5.32 Å². The highest BCUT2D eigenvalue weighted by molar-refractivity contribution is 7.11. The molecule has 6 heteroatoms. The average molecular weight is 359 g/mol. The second kappa shape index (κ2) is 8.16. The zero-order valence-corrected chi connectivity index (χ0v) is 14.9. The number of esters is 1. The Kier molecular flexibility index (Phi) is 5.71. The van der Waals surface area contributed by atoms with Gasteiger partial charge in [-0.2, -0.15) is 0 Å². The standard InChI is InChI=1S/C19H21NO4S/c1-23-15-10-8-13(9-11-15)17(18(21)20-14-5-2-3-6-14)24-19(22)16-7-4-12-25-16/h4,7-12,14,17H,2-3,5-6H2,1H3,(H,20,21)/t17-/m0/s1. The van der Waals surface area contributed by atoms with E-state index in [1.54, 1.807) is 48.9 Å². The van der Waals surface area contributed by atoms with Gasteiger partial charge in [0.25, 0.3) is 5.91 Å². The highest BCUT2D eigenvalue weighted by Gasteiger charge is 2.28. The lowest BCUT2D eigenvalue weighted by Crippen LogP contribution is -2.38. The van der Waals surface area contributed by atoms with Crippen LogP contribution in [0.1, 0.15) is 47.0 Å². The fraction of sp³-hybridized carbons (Fsp3) is 0.368. The first-order valence-electron chi connectivity index (χ1n) is 8.36. The number of methoxy groups -OCH3 is 1. The molecule has 1 aliphatic carbocycles. The minimum Gasteiger partial charge on any atom is -0.497 e. The van der Waals surface area contributed by atoms with Crippen LogP contribution in [0.2, 0.25) is 0 Å². The summed E-state index contributed by atoms with van der Waals surface area (Å²) >= 11 is 1.29. The van der Waals surface area contributed by atoms with E-state index in [-0.39, 0.29) is 11.9 Å². The number of amides is 1. The molecule has 1 aliphatic rings. The van der Waals surface area contributed by atoms with E-state index in [0.29, 0.717) is 16.2 Å². The van der Waals surface area contributed by atoms with Crippen molar-refractivity contribution in [1.29, 1.82) is 0 Å². The molecule has 1 heterocycles. The monoisotopic (exact) mass is 359 g/mol. The van der Waals surface area contributed by atoms with Crippen LogP contribution in [0, 0.1) is 0 Å². The summed E-state index contributed by atoms with van der Waals surface area (Å²) in [5.74, 6) is -0.0809. The lowest BCUT2D eigenvalue weighted by atomic mass is 10.1. The normalized spacial score (nSPS) is 15.6. The topological polar surface area (TPSA) is 64.6 Å². The highest BCUT2D eigenvalue weighted by atomic mass is 32.1. The summed E-state index contributed by atoms with van der Waals surface area (Å²) in [4.78, 5) is 25.6. The lowest BCUT2D eigenvalue weighted by Gasteiger charge is -2.20. The Labute approximate surface area is 151 Å². The van der Waals surface area contributed by atoms with Gasteiger partial charge < -0.3 is 14.8 Å². The molecule has 1 saturated carbocycles. The average Bonchev–Trinajstić information content (AvgIpc) is 3.33. The summed E-state index contributed by atoms with van der Waals surface area (Å²) in [6, 6.07) is 10.6. The molecule has 132 valence electrons. The van der Waals surface area contributed by atoms with Crippen molar-refractivity contribution in [1.82, 2.24) is 5.32 Å². The van der Waals surface area contributed by atoms with Crippen molar-refractivity contribution >= 4 is 23.2 Å². The largest absolute Gasteiger partial charge is 0.497 e. The van der Waals surface area contributed by atoms with E-state index < -0.39 is 12.1 Å². The van der Waals surface area contributed by atoms with Crippen LogP contribution in [0.3, 0.4) is 0 Å². The molecule has 1 aromatic carbocycles. The van der Waals surface area contributed by atoms with Gasteiger partial charge in [0.1, 0.15) is 10.6 Å². The second-order valence-electron chi connectivity index (χ2n) is 6.03. The predicted molar refractivity (Wildman–Crippen MR) is 95.9 cm³/mol. The zero-order chi connectivity index (χ0) is 17.6. The number of hydrogen-bond donors (Lipinski definition) is 1. The Bertz CT molecular complexity index is 706. The maximum Gasteiger partial charge on any atom is 0.349 e. The van der Waals surface area contributed by atoms with Crippen molar-refractivity contribution in [2.24, 2.45) is 0 Å². The molecule has 1 fully saturated rings. The van der Waals surface area contributed by atoms with Crippen molar-refractivity contribution < 1.29 is 19.1 Å². The third-order valence-electron chi connectivity index (χ3n) is 4.31. The molecule has 1 atom stereocenters. The van der Waals surface area contributed by atoms with Gasteiger partial charge in [0, 0.05) is 11.6 Å². The molecule has 3 rings (SSSR count). The third kappa shape index (κ3) is 4.39. The predicted octanol–water partition coefficient (Wildman–Crippen LogP) is 3.71. The number of rotatable bonds is 6. The summed E-state index contributed by atoms with van der Waals surface area (Å²) in [6.07, 6.45) is 3.21. The smallest absolute Gasteiger partial charge is 0.349 e. The Morgan fingerprint density at radius 2 is 1.88 bits per heavy atom. The SMILES string of the molecule is COc1ccc([C@H](OC(=O)c2cccs2)C(=O)NC2CCCC2)cc1. The van der Waals surface area contributed by atoms with E-state index in [1.807, 2.05) is 0 Å². The first kappa shape index (κ1) is 17.5. The number of carbonyl (C=O) groups excluding carboxylic acids is 2. The van der Waals surface area contributed by atoms with Crippen molar-refractivity contribution in [2.75, 3.05) is 7.11 Å². The maximum atomic E-state index is 12.7. The molecule has 1 aromatic heterocycles. The maximum absolute atomic E-state index is 12.7. The minimum atomic E-state index is -0.971. The van der Waals surface area contributed by atoms with Crippen LogP contribution in [0.25, 0.3) is 0 Å². The molecule has 0 radical (unpaired) electrons. The fourth-order valence-corrected chi connectivity index (χ4v) is 3.56. The quantitative estimate of drug-likeness (QED) is 0.799. The zero-order valence-electron chi connectivity index (χ0n) is 14.1. The Hall–Kier alpha value is -2.34. The van der Waals surface area contributed by atoms with Crippen molar-refractivity contribution in [3.63, 3.8) is 0 Å². The molecule has 1 amide bonds. The lowest BCUT2D eigenvalue weighted by molar-refractivity contribution is -0.131. The van der Waals surface area contributed by atoms with Crippen LogP contribution in [0.15, 0.2) is 41.8 Å². The molecule has 0 aliphatic heterocycles. The van der Waals surface area contributed by atoms with Crippen LogP contribution >= 0.6 is 11.3 Å². The first-order valence-corrected chi connectivity index (χ1v) is 9.24. The number of thiophene rings is 1. The Morgan fingerprint density at radius 3 is 2.48 bits per heavy atom. The number of hydrogen-bond acceptors (Lipinski definition) is 5. The Morgan fingerprint density at radius 1 is 1.16 bits per heavy atom. The van der Waals surface area contributed by atoms with Gasteiger partial charge in [0.15, 0.2) is 0 Å². The summed E-state index contributed by atoms with van der Waals surface area (Å²) in [5.41, 5.74) is 0.626. The van der Waals surface area contributed by atoms with Crippen LogP contribution in [0.5, 0.6) is 5.75 Å². The van der Waals surface area contributed by atoms with Gasteiger partial charge >= 0.3 is 5.97 Å².